The van der Waals surface area contributed by atoms with Crippen molar-refractivity contribution in [3.63, 3.8) is 0 Å². The van der Waals surface area contributed by atoms with E-state index in [0.717, 1.165) is 11.3 Å². The fourth-order valence-electron chi connectivity index (χ4n) is 1.80. The quantitative estimate of drug-likeness (QED) is 0.818. The maximum atomic E-state index is 10.6. The molecular formula is C16H19N3O3. The van der Waals surface area contributed by atoms with Crippen molar-refractivity contribution in [2.24, 2.45) is 0 Å². The fourth-order valence-corrected chi connectivity index (χ4v) is 1.80. The van der Waals surface area contributed by atoms with Crippen molar-refractivity contribution < 1.29 is 14.6 Å². The SMILES string of the molecule is CC(C)c1cc(OCC(=O)O)nc(NCc2ccccc2)n1. The molecule has 1 heterocycles. The molecule has 116 valence electrons. The molecule has 6 heteroatoms. The molecule has 6 nitrogen and oxygen atoms in total. The summed E-state index contributed by atoms with van der Waals surface area (Å²) in [4.78, 5) is 19.2. The number of ether oxygens (including phenoxy) is 1. The third-order valence-electron chi connectivity index (χ3n) is 2.95. The number of hydrogen-bond donors (Lipinski definition) is 2. The number of nitrogens with one attached hydrogen (secondary N) is 1. The number of aliphatic carboxylic acids is 1. The van der Waals surface area contributed by atoms with Gasteiger partial charge < -0.3 is 15.2 Å². The van der Waals surface area contributed by atoms with Gasteiger partial charge in [-0.05, 0) is 11.5 Å². The van der Waals surface area contributed by atoms with Gasteiger partial charge in [0.2, 0.25) is 11.8 Å². The molecule has 22 heavy (non-hydrogen) atoms. The molecule has 0 saturated heterocycles. The Morgan fingerprint density at radius 1 is 1.27 bits per heavy atom. The number of rotatable bonds is 7. The minimum absolute atomic E-state index is 0.187. The second-order valence-electron chi connectivity index (χ2n) is 5.13. The molecule has 0 fully saturated rings. The molecule has 1 aromatic carbocycles. The van der Waals surface area contributed by atoms with Crippen LogP contribution in [0.25, 0.3) is 0 Å². The number of carbonyl (C=O) groups is 1. The second-order valence-corrected chi connectivity index (χ2v) is 5.13. The summed E-state index contributed by atoms with van der Waals surface area (Å²) in [5.41, 5.74) is 1.90. The van der Waals surface area contributed by atoms with Crippen LogP contribution < -0.4 is 10.1 Å². The molecule has 0 aliphatic rings. The van der Waals surface area contributed by atoms with Crippen LogP contribution in [0.15, 0.2) is 36.4 Å². The summed E-state index contributed by atoms with van der Waals surface area (Å²) in [5, 5.41) is 11.8. The van der Waals surface area contributed by atoms with Crippen LogP contribution in [-0.2, 0) is 11.3 Å². The first-order valence-corrected chi connectivity index (χ1v) is 7.06. The molecule has 0 aliphatic carbocycles. The van der Waals surface area contributed by atoms with Crippen molar-refractivity contribution in [1.29, 1.82) is 0 Å². The average Bonchev–Trinajstić information content (AvgIpc) is 2.52. The van der Waals surface area contributed by atoms with E-state index >= 15 is 0 Å². The first-order valence-electron chi connectivity index (χ1n) is 7.06. The molecule has 0 bridgehead atoms. The predicted molar refractivity (Wildman–Crippen MR) is 83.0 cm³/mol. The van der Waals surface area contributed by atoms with E-state index in [-0.39, 0.29) is 11.8 Å². The second kappa shape index (κ2) is 7.40. The highest BCUT2D eigenvalue weighted by Crippen LogP contribution is 2.19. The van der Waals surface area contributed by atoms with Gasteiger partial charge in [-0.15, -0.1) is 0 Å². The number of nitrogens with zero attached hydrogens (tertiary/aromatic N) is 2. The Hall–Kier alpha value is -2.63. The van der Waals surface area contributed by atoms with Crippen LogP contribution >= 0.6 is 0 Å². The lowest BCUT2D eigenvalue weighted by Crippen LogP contribution is -2.12. The standard InChI is InChI=1S/C16H19N3O3/c1-11(2)13-8-14(22-10-15(20)21)19-16(18-13)17-9-12-6-4-3-5-7-12/h3-8,11H,9-10H2,1-2H3,(H,20,21)(H,17,18,19). The molecule has 0 unspecified atom stereocenters. The highest BCUT2D eigenvalue weighted by atomic mass is 16.5. The molecule has 0 amide bonds. The normalized spacial score (nSPS) is 10.5. The van der Waals surface area contributed by atoms with Gasteiger partial charge in [0.1, 0.15) is 0 Å². The Balaban J connectivity index is 2.13. The van der Waals surface area contributed by atoms with E-state index in [9.17, 15) is 4.79 Å². The van der Waals surface area contributed by atoms with Gasteiger partial charge in [0.05, 0.1) is 5.69 Å². The Morgan fingerprint density at radius 3 is 2.64 bits per heavy atom. The van der Waals surface area contributed by atoms with Crippen molar-refractivity contribution in [1.82, 2.24) is 9.97 Å². The topological polar surface area (TPSA) is 84.3 Å². The summed E-state index contributed by atoms with van der Waals surface area (Å²) in [6, 6.07) is 11.6. The van der Waals surface area contributed by atoms with Crippen molar-refractivity contribution in [2.45, 2.75) is 26.3 Å². The van der Waals surface area contributed by atoms with E-state index in [2.05, 4.69) is 15.3 Å². The average molecular weight is 301 g/mol. The molecular weight excluding hydrogens is 282 g/mol. The molecule has 0 spiro atoms. The Bertz CT molecular complexity index is 630. The maximum Gasteiger partial charge on any atom is 0.341 e. The summed E-state index contributed by atoms with van der Waals surface area (Å²) in [5.74, 6) is -0.164. The molecule has 0 saturated carbocycles. The Morgan fingerprint density at radius 2 is 2.00 bits per heavy atom. The van der Waals surface area contributed by atoms with E-state index in [1.165, 1.54) is 0 Å². The Labute approximate surface area is 129 Å². The number of hydrogen-bond acceptors (Lipinski definition) is 5. The van der Waals surface area contributed by atoms with Gasteiger partial charge >= 0.3 is 5.97 Å². The highest BCUT2D eigenvalue weighted by molar-refractivity contribution is 5.68. The lowest BCUT2D eigenvalue weighted by Gasteiger charge is -2.11. The summed E-state index contributed by atoms with van der Waals surface area (Å²) >= 11 is 0. The van der Waals surface area contributed by atoms with Gasteiger partial charge in [-0.25, -0.2) is 9.78 Å². The zero-order chi connectivity index (χ0) is 15.9. The largest absolute Gasteiger partial charge is 0.479 e. The third kappa shape index (κ3) is 4.73. The van der Waals surface area contributed by atoms with Crippen LogP contribution in [0.4, 0.5) is 5.95 Å². The molecule has 0 atom stereocenters. The van der Waals surface area contributed by atoms with Gasteiger partial charge in [-0.2, -0.15) is 4.98 Å². The van der Waals surface area contributed by atoms with E-state index < -0.39 is 12.6 Å². The van der Waals surface area contributed by atoms with Crippen molar-refractivity contribution in [3.05, 3.63) is 47.7 Å². The van der Waals surface area contributed by atoms with Crippen LogP contribution in [0.1, 0.15) is 31.0 Å². The highest BCUT2D eigenvalue weighted by Gasteiger charge is 2.10. The van der Waals surface area contributed by atoms with Crippen molar-refractivity contribution in [3.8, 4) is 5.88 Å². The molecule has 2 N–H and O–H groups in total. The van der Waals surface area contributed by atoms with Gasteiger partial charge in [0, 0.05) is 12.6 Å². The summed E-state index contributed by atoms with van der Waals surface area (Å²) in [7, 11) is 0. The summed E-state index contributed by atoms with van der Waals surface area (Å²) in [6.45, 7) is 4.17. The van der Waals surface area contributed by atoms with Crippen LogP contribution in [0.3, 0.4) is 0 Å². The first-order chi connectivity index (χ1) is 10.5. The van der Waals surface area contributed by atoms with Crippen LogP contribution in [0.5, 0.6) is 5.88 Å². The number of anilines is 1. The molecule has 1 aromatic heterocycles. The Kier molecular flexibility index (Phi) is 5.30. The summed E-state index contributed by atoms with van der Waals surface area (Å²) < 4.78 is 5.16. The smallest absolute Gasteiger partial charge is 0.341 e. The van der Waals surface area contributed by atoms with Crippen LogP contribution in [0.2, 0.25) is 0 Å². The zero-order valence-corrected chi connectivity index (χ0v) is 12.6. The summed E-state index contributed by atoms with van der Waals surface area (Å²) in [6.07, 6.45) is 0. The first kappa shape index (κ1) is 15.8. The fraction of sp³-hybridized carbons (Fsp3) is 0.312. The third-order valence-corrected chi connectivity index (χ3v) is 2.95. The van der Waals surface area contributed by atoms with Crippen molar-refractivity contribution >= 4 is 11.9 Å². The maximum absolute atomic E-state index is 10.6. The lowest BCUT2D eigenvalue weighted by atomic mass is 10.1. The van der Waals surface area contributed by atoms with Crippen molar-refractivity contribution in [2.75, 3.05) is 11.9 Å². The minimum Gasteiger partial charge on any atom is -0.479 e. The van der Waals surface area contributed by atoms with E-state index in [1.54, 1.807) is 6.07 Å². The van der Waals surface area contributed by atoms with E-state index in [0.29, 0.717) is 12.5 Å². The van der Waals surface area contributed by atoms with E-state index in [1.807, 2.05) is 44.2 Å². The number of carboxylic acids is 1. The van der Waals surface area contributed by atoms with Gasteiger partial charge in [-0.3, -0.25) is 0 Å². The predicted octanol–water partition coefficient (Wildman–Crippen LogP) is 2.68. The molecule has 2 rings (SSSR count). The minimum atomic E-state index is -1.04. The van der Waals surface area contributed by atoms with Gasteiger partial charge in [0.25, 0.3) is 0 Å². The lowest BCUT2D eigenvalue weighted by molar-refractivity contribution is -0.139. The molecule has 0 radical (unpaired) electrons. The van der Waals surface area contributed by atoms with Gasteiger partial charge in [0.15, 0.2) is 6.61 Å². The molecule has 0 aliphatic heterocycles. The number of benzene rings is 1. The number of carboxylic acid groups (broad SMARTS) is 1. The number of aromatic nitrogens is 2. The van der Waals surface area contributed by atoms with Gasteiger partial charge in [-0.1, -0.05) is 44.2 Å². The zero-order valence-electron chi connectivity index (χ0n) is 12.6. The van der Waals surface area contributed by atoms with Crippen LogP contribution in [-0.4, -0.2) is 27.7 Å². The van der Waals surface area contributed by atoms with Crippen LogP contribution in [0, 0.1) is 0 Å². The molecule has 2 aromatic rings. The monoisotopic (exact) mass is 301 g/mol. The van der Waals surface area contributed by atoms with E-state index in [4.69, 9.17) is 9.84 Å².